The highest BCUT2D eigenvalue weighted by atomic mass is 16.5. The molecule has 0 saturated heterocycles. The molecule has 1 fully saturated rings. The predicted octanol–water partition coefficient (Wildman–Crippen LogP) is 5.51. The monoisotopic (exact) mass is 311 g/mol. The Morgan fingerprint density at radius 3 is 2.41 bits per heavy atom. The van der Waals surface area contributed by atoms with Gasteiger partial charge in [0.2, 0.25) is 0 Å². The molecule has 0 bridgehead atoms. The maximum Gasteiger partial charge on any atom is 0.0702 e. The van der Waals surface area contributed by atoms with Gasteiger partial charge in [0.15, 0.2) is 0 Å². The molecule has 1 saturated carbocycles. The largest absolute Gasteiger partial charge is 0.377 e. The van der Waals surface area contributed by atoms with Gasteiger partial charge in [-0.3, -0.25) is 0 Å². The lowest BCUT2D eigenvalue weighted by Gasteiger charge is -2.42. The van der Waals surface area contributed by atoms with Gasteiger partial charge in [0, 0.05) is 13.2 Å². The van der Waals surface area contributed by atoms with Gasteiger partial charge in [-0.1, -0.05) is 53.4 Å². The second-order valence-corrected chi connectivity index (χ2v) is 7.83. The molecule has 0 aliphatic heterocycles. The van der Waals surface area contributed by atoms with E-state index in [4.69, 9.17) is 4.74 Å². The lowest BCUT2D eigenvalue weighted by atomic mass is 9.64. The van der Waals surface area contributed by atoms with Crippen molar-refractivity contribution in [3.05, 3.63) is 0 Å². The first-order chi connectivity index (χ1) is 10.5. The van der Waals surface area contributed by atoms with E-state index in [0.717, 1.165) is 13.2 Å². The van der Waals surface area contributed by atoms with Crippen molar-refractivity contribution in [2.24, 2.45) is 11.3 Å². The number of hydrogen-bond acceptors (Lipinski definition) is 2. The molecule has 2 atom stereocenters. The van der Waals surface area contributed by atoms with Crippen LogP contribution in [0.25, 0.3) is 0 Å². The summed E-state index contributed by atoms with van der Waals surface area (Å²) in [6, 6.07) is 0. The van der Waals surface area contributed by atoms with Gasteiger partial charge in [-0.05, 0) is 57.0 Å². The molecule has 22 heavy (non-hydrogen) atoms. The Morgan fingerprint density at radius 2 is 1.91 bits per heavy atom. The number of likely N-dealkylation sites (N-methyl/N-ethyl adjacent to an activating group) is 1. The van der Waals surface area contributed by atoms with Crippen molar-refractivity contribution in [3.63, 3.8) is 0 Å². The Bertz CT molecular complexity index is 269. The molecule has 0 spiro atoms. The molecule has 132 valence electrons. The summed E-state index contributed by atoms with van der Waals surface area (Å²) in [5, 5.41) is 0. The van der Waals surface area contributed by atoms with Crippen molar-refractivity contribution < 1.29 is 4.74 Å². The minimum atomic E-state index is 0.430. The van der Waals surface area contributed by atoms with Crippen molar-refractivity contribution in [3.8, 4) is 0 Å². The third kappa shape index (κ3) is 7.00. The van der Waals surface area contributed by atoms with E-state index in [1.54, 1.807) is 0 Å². The normalized spacial score (nSPS) is 19.9. The molecule has 0 aromatic rings. The van der Waals surface area contributed by atoms with Crippen LogP contribution in [-0.4, -0.2) is 37.7 Å². The zero-order chi connectivity index (χ0) is 16.4. The Morgan fingerprint density at radius 1 is 1.18 bits per heavy atom. The minimum Gasteiger partial charge on any atom is -0.377 e. The number of ether oxygens (including phenoxy) is 1. The molecular formula is C20H41NO. The Balaban J connectivity index is 2.35. The molecule has 1 unspecified atom stereocenters. The highest BCUT2D eigenvalue weighted by molar-refractivity contribution is 4.86. The van der Waals surface area contributed by atoms with Crippen LogP contribution in [0.3, 0.4) is 0 Å². The Kier molecular flexibility index (Phi) is 9.66. The van der Waals surface area contributed by atoms with E-state index in [9.17, 15) is 0 Å². The van der Waals surface area contributed by atoms with E-state index in [0.29, 0.717) is 17.4 Å². The van der Waals surface area contributed by atoms with Crippen LogP contribution in [-0.2, 0) is 4.74 Å². The molecule has 2 heteroatoms. The van der Waals surface area contributed by atoms with Gasteiger partial charge < -0.3 is 9.64 Å². The van der Waals surface area contributed by atoms with E-state index in [2.05, 4.69) is 39.6 Å². The molecule has 0 N–H and O–H groups in total. The Labute approximate surface area is 140 Å². The molecule has 1 aliphatic carbocycles. The van der Waals surface area contributed by atoms with Crippen LogP contribution in [0, 0.1) is 11.3 Å². The molecule has 0 radical (unpaired) electrons. The lowest BCUT2D eigenvalue weighted by Crippen LogP contribution is -2.33. The fraction of sp³-hybridized carbons (Fsp3) is 1.00. The summed E-state index contributed by atoms with van der Waals surface area (Å²) in [5.41, 5.74) is 0.705. The smallest absolute Gasteiger partial charge is 0.0702 e. The first-order valence-corrected chi connectivity index (χ1v) is 9.85. The fourth-order valence-electron chi connectivity index (χ4n) is 3.63. The summed E-state index contributed by atoms with van der Waals surface area (Å²) in [6.45, 7) is 12.4. The zero-order valence-corrected chi connectivity index (χ0v) is 16.0. The van der Waals surface area contributed by atoms with Gasteiger partial charge in [0.1, 0.15) is 0 Å². The topological polar surface area (TPSA) is 12.5 Å². The molecule has 2 nitrogen and oxygen atoms in total. The van der Waals surface area contributed by atoms with E-state index in [-0.39, 0.29) is 0 Å². The third-order valence-electron chi connectivity index (χ3n) is 5.83. The average molecular weight is 312 g/mol. The van der Waals surface area contributed by atoms with Gasteiger partial charge >= 0.3 is 0 Å². The number of hydrogen-bond donors (Lipinski definition) is 0. The van der Waals surface area contributed by atoms with Crippen LogP contribution in [0.2, 0.25) is 0 Å². The zero-order valence-electron chi connectivity index (χ0n) is 16.0. The van der Waals surface area contributed by atoms with E-state index in [1.165, 1.54) is 64.3 Å². The first-order valence-electron chi connectivity index (χ1n) is 9.85. The molecular weight excluding hydrogens is 270 g/mol. The van der Waals surface area contributed by atoms with Crippen LogP contribution >= 0.6 is 0 Å². The summed E-state index contributed by atoms with van der Waals surface area (Å²) in [6.07, 6.45) is 12.7. The van der Waals surface area contributed by atoms with Gasteiger partial charge in [-0.15, -0.1) is 0 Å². The van der Waals surface area contributed by atoms with Crippen LogP contribution in [0.15, 0.2) is 0 Å². The molecule has 0 amide bonds. The Hall–Kier alpha value is -0.0800. The quantitative estimate of drug-likeness (QED) is 0.444. The summed E-state index contributed by atoms with van der Waals surface area (Å²) in [4.78, 5) is 2.44. The third-order valence-corrected chi connectivity index (χ3v) is 5.83. The molecule has 0 aromatic heterocycles. The van der Waals surface area contributed by atoms with Crippen LogP contribution in [0.5, 0.6) is 0 Å². The van der Waals surface area contributed by atoms with E-state index >= 15 is 0 Å². The number of nitrogens with zero attached hydrogens (tertiary/aromatic N) is 1. The standard InChI is InChI=1S/C20H41NO/c1-6-15-21(5)16-19(22-17-18(4)7-2)11-9-12-20(8-3)13-10-14-20/h18-19H,6-17H2,1-5H3/t18-,19?/m1/s1. The van der Waals surface area contributed by atoms with Crippen molar-refractivity contribution in [2.75, 3.05) is 26.7 Å². The van der Waals surface area contributed by atoms with Crippen molar-refractivity contribution in [1.82, 2.24) is 4.90 Å². The number of rotatable bonds is 13. The minimum absolute atomic E-state index is 0.430. The first kappa shape index (κ1) is 20.0. The van der Waals surface area contributed by atoms with Crippen LogP contribution < -0.4 is 0 Å². The maximum atomic E-state index is 6.27. The van der Waals surface area contributed by atoms with Gasteiger partial charge in [0.05, 0.1) is 6.10 Å². The highest BCUT2D eigenvalue weighted by Gasteiger charge is 2.34. The second kappa shape index (κ2) is 10.6. The van der Waals surface area contributed by atoms with Crippen molar-refractivity contribution in [1.29, 1.82) is 0 Å². The summed E-state index contributed by atoms with van der Waals surface area (Å²) in [5.74, 6) is 0.688. The molecule has 1 rings (SSSR count). The summed E-state index contributed by atoms with van der Waals surface area (Å²) < 4.78 is 6.27. The molecule has 0 aromatic carbocycles. The summed E-state index contributed by atoms with van der Waals surface area (Å²) >= 11 is 0. The van der Waals surface area contributed by atoms with Crippen molar-refractivity contribution >= 4 is 0 Å². The average Bonchev–Trinajstić information content (AvgIpc) is 2.47. The van der Waals surface area contributed by atoms with Gasteiger partial charge in [-0.2, -0.15) is 0 Å². The summed E-state index contributed by atoms with van der Waals surface area (Å²) in [7, 11) is 2.24. The maximum absolute atomic E-state index is 6.27. The van der Waals surface area contributed by atoms with E-state index in [1.807, 2.05) is 0 Å². The van der Waals surface area contributed by atoms with Crippen LogP contribution in [0.4, 0.5) is 0 Å². The second-order valence-electron chi connectivity index (χ2n) is 7.83. The van der Waals surface area contributed by atoms with Gasteiger partial charge in [0.25, 0.3) is 0 Å². The van der Waals surface area contributed by atoms with Crippen LogP contribution in [0.1, 0.15) is 85.5 Å². The lowest BCUT2D eigenvalue weighted by molar-refractivity contribution is 0.00314. The highest BCUT2D eigenvalue weighted by Crippen LogP contribution is 2.47. The van der Waals surface area contributed by atoms with E-state index < -0.39 is 0 Å². The van der Waals surface area contributed by atoms with Crippen molar-refractivity contribution in [2.45, 2.75) is 91.6 Å². The molecule has 0 heterocycles. The fourth-order valence-corrected chi connectivity index (χ4v) is 3.63. The SMILES string of the molecule is CCCN(C)CC(CCCC1(CC)CCC1)OC[C@H](C)CC. The molecule has 1 aliphatic rings. The predicted molar refractivity (Wildman–Crippen MR) is 97.4 cm³/mol. The van der Waals surface area contributed by atoms with Gasteiger partial charge in [-0.25, -0.2) is 0 Å².